The topological polar surface area (TPSA) is 45.2 Å². The van der Waals surface area contributed by atoms with E-state index in [2.05, 4.69) is 15.2 Å². The summed E-state index contributed by atoms with van der Waals surface area (Å²) in [6, 6.07) is 0. The Kier molecular flexibility index (Phi) is 4.68. The van der Waals surface area contributed by atoms with Crippen LogP contribution in [0.3, 0.4) is 0 Å². The molecule has 0 radical (unpaired) electrons. The lowest BCUT2D eigenvalue weighted by Crippen LogP contribution is -2.44. The number of nitrogens with one attached hydrogen (secondary N) is 1. The van der Waals surface area contributed by atoms with Gasteiger partial charge in [0.05, 0.1) is 18.2 Å². The van der Waals surface area contributed by atoms with E-state index in [0.717, 1.165) is 30.2 Å². The van der Waals surface area contributed by atoms with Gasteiger partial charge >= 0.3 is 0 Å². The van der Waals surface area contributed by atoms with Gasteiger partial charge in [0.25, 0.3) is 6.43 Å². The highest BCUT2D eigenvalue weighted by Crippen LogP contribution is 2.26. The number of thiazole rings is 1. The number of nitrogens with zero attached hydrogens (tertiary/aromatic N) is 2. The van der Waals surface area contributed by atoms with Crippen LogP contribution >= 0.6 is 11.3 Å². The smallest absolute Gasteiger partial charge is 0.255 e. The Labute approximate surface area is 114 Å². The molecule has 0 saturated carbocycles. The second kappa shape index (κ2) is 6.27. The van der Waals surface area contributed by atoms with Crippen molar-refractivity contribution in [1.82, 2.24) is 10.3 Å². The maximum absolute atomic E-state index is 12.1. The maximum atomic E-state index is 12.1. The van der Waals surface area contributed by atoms with Crippen molar-refractivity contribution in [3.8, 4) is 0 Å². The number of alkyl halides is 2. The number of hydrogen-bond acceptors (Lipinski definition) is 4. The SMILES string of the molecule is Cc1csc(N2CCCC(C(=O)NCC(F)F)C2)n1. The third kappa shape index (κ3) is 3.86. The average molecular weight is 289 g/mol. The van der Waals surface area contributed by atoms with Gasteiger partial charge < -0.3 is 10.2 Å². The van der Waals surface area contributed by atoms with Crippen LogP contribution in [-0.4, -0.2) is 37.0 Å². The maximum Gasteiger partial charge on any atom is 0.255 e. The molecule has 2 rings (SSSR count). The molecule has 1 aliphatic rings. The summed E-state index contributed by atoms with van der Waals surface area (Å²) >= 11 is 1.55. The number of aryl methyl sites for hydroxylation is 1. The predicted octanol–water partition coefficient (Wildman–Crippen LogP) is 2.05. The van der Waals surface area contributed by atoms with Gasteiger partial charge in [0.1, 0.15) is 0 Å². The van der Waals surface area contributed by atoms with Crippen molar-refractivity contribution in [2.75, 3.05) is 24.5 Å². The fraction of sp³-hybridized carbons (Fsp3) is 0.667. The molecule has 19 heavy (non-hydrogen) atoms. The second-order valence-corrected chi connectivity index (χ2v) is 5.53. The number of carbonyl (C=O) groups excluding carboxylic acids is 1. The number of rotatable bonds is 4. The predicted molar refractivity (Wildman–Crippen MR) is 70.8 cm³/mol. The Bertz CT molecular complexity index is 438. The van der Waals surface area contributed by atoms with Crippen molar-refractivity contribution in [1.29, 1.82) is 0 Å². The highest BCUT2D eigenvalue weighted by Gasteiger charge is 2.27. The van der Waals surface area contributed by atoms with Crippen molar-refractivity contribution in [3.05, 3.63) is 11.1 Å². The molecular formula is C12H17F2N3OS. The zero-order valence-electron chi connectivity index (χ0n) is 10.7. The molecule has 1 atom stereocenters. The number of halogens is 2. The Morgan fingerprint density at radius 3 is 3.11 bits per heavy atom. The normalized spacial score (nSPS) is 19.8. The van der Waals surface area contributed by atoms with Gasteiger partial charge in [-0.1, -0.05) is 0 Å². The van der Waals surface area contributed by atoms with Crippen molar-refractivity contribution >= 4 is 22.4 Å². The summed E-state index contributed by atoms with van der Waals surface area (Å²) < 4.78 is 24.1. The molecule has 7 heteroatoms. The minimum atomic E-state index is -2.50. The molecule has 4 nitrogen and oxygen atoms in total. The van der Waals surface area contributed by atoms with E-state index in [4.69, 9.17) is 0 Å². The Hall–Kier alpha value is -1.24. The monoisotopic (exact) mass is 289 g/mol. The first kappa shape index (κ1) is 14.2. The van der Waals surface area contributed by atoms with Crippen molar-refractivity contribution in [3.63, 3.8) is 0 Å². The van der Waals surface area contributed by atoms with E-state index in [1.807, 2.05) is 12.3 Å². The summed E-state index contributed by atoms with van der Waals surface area (Å²) in [4.78, 5) is 18.3. The highest BCUT2D eigenvalue weighted by molar-refractivity contribution is 7.13. The number of anilines is 1. The molecule has 0 spiro atoms. The summed E-state index contributed by atoms with van der Waals surface area (Å²) in [5.74, 6) is -0.505. The van der Waals surface area contributed by atoms with Gasteiger partial charge in [-0.15, -0.1) is 11.3 Å². The minimum Gasteiger partial charge on any atom is -0.350 e. The largest absolute Gasteiger partial charge is 0.350 e. The standard InChI is InChI=1S/C12H17F2N3OS/c1-8-7-19-12(16-8)17-4-2-3-9(6-17)11(18)15-5-10(13)14/h7,9-10H,2-6H2,1H3,(H,15,18). The molecule has 1 unspecified atom stereocenters. The lowest BCUT2D eigenvalue weighted by atomic mass is 9.97. The van der Waals surface area contributed by atoms with E-state index >= 15 is 0 Å². The molecule has 0 bridgehead atoms. The van der Waals surface area contributed by atoms with Crippen molar-refractivity contribution in [2.24, 2.45) is 5.92 Å². The molecule has 2 heterocycles. The first-order valence-electron chi connectivity index (χ1n) is 6.29. The minimum absolute atomic E-state index is 0.225. The van der Waals surface area contributed by atoms with E-state index in [9.17, 15) is 13.6 Å². The molecule has 1 aliphatic heterocycles. The Morgan fingerprint density at radius 2 is 2.47 bits per heavy atom. The number of piperidine rings is 1. The van der Waals surface area contributed by atoms with Crippen LogP contribution in [0.4, 0.5) is 13.9 Å². The molecular weight excluding hydrogens is 272 g/mol. The fourth-order valence-electron chi connectivity index (χ4n) is 2.17. The van der Waals surface area contributed by atoms with Gasteiger partial charge in [-0.2, -0.15) is 0 Å². The molecule has 1 aromatic rings. The average Bonchev–Trinajstić information content (AvgIpc) is 2.83. The van der Waals surface area contributed by atoms with Gasteiger partial charge in [0.15, 0.2) is 5.13 Å². The molecule has 1 fully saturated rings. The molecule has 0 aliphatic carbocycles. The summed E-state index contributed by atoms with van der Waals surface area (Å²) in [6.07, 6.45) is -0.869. The van der Waals surface area contributed by atoms with Crippen LogP contribution in [0.15, 0.2) is 5.38 Å². The number of hydrogen-bond donors (Lipinski definition) is 1. The Morgan fingerprint density at radius 1 is 1.68 bits per heavy atom. The van der Waals surface area contributed by atoms with Crippen LogP contribution in [0.25, 0.3) is 0 Å². The molecule has 1 N–H and O–H groups in total. The van der Waals surface area contributed by atoms with Crippen molar-refractivity contribution in [2.45, 2.75) is 26.2 Å². The van der Waals surface area contributed by atoms with E-state index in [-0.39, 0.29) is 11.8 Å². The third-order valence-electron chi connectivity index (χ3n) is 3.10. The molecule has 106 valence electrons. The molecule has 1 saturated heterocycles. The molecule has 0 aromatic carbocycles. The van der Waals surface area contributed by atoms with Gasteiger partial charge in [-0.05, 0) is 19.8 Å². The molecule has 1 aromatic heterocycles. The highest BCUT2D eigenvalue weighted by atomic mass is 32.1. The van der Waals surface area contributed by atoms with Gasteiger partial charge in [-0.3, -0.25) is 4.79 Å². The van der Waals surface area contributed by atoms with Crippen LogP contribution in [-0.2, 0) is 4.79 Å². The van der Waals surface area contributed by atoms with Gasteiger partial charge in [0, 0.05) is 18.5 Å². The van der Waals surface area contributed by atoms with Gasteiger partial charge in [-0.25, -0.2) is 13.8 Å². The summed E-state index contributed by atoms with van der Waals surface area (Å²) in [5, 5.41) is 5.17. The van der Waals surface area contributed by atoms with E-state index in [1.165, 1.54) is 0 Å². The summed E-state index contributed by atoms with van der Waals surface area (Å²) in [6.45, 7) is 2.79. The quantitative estimate of drug-likeness (QED) is 0.922. The fourth-order valence-corrected chi connectivity index (χ4v) is 3.01. The van der Waals surface area contributed by atoms with E-state index < -0.39 is 13.0 Å². The lowest BCUT2D eigenvalue weighted by molar-refractivity contribution is -0.125. The Balaban J connectivity index is 1.91. The van der Waals surface area contributed by atoms with E-state index in [1.54, 1.807) is 11.3 Å². The van der Waals surface area contributed by atoms with Crippen LogP contribution in [0.2, 0.25) is 0 Å². The van der Waals surface area contributed by atoms with Crippen LogP contribution in [0.1, 0.15) is 18.5 Å². The van der Waals surface area contributed by atoms with Crippen LogP contribution in [0, 0.1) is 12.8 Å². The second-order valence-electron chi connectivity index (χ2n) is 4.69. The first-order chi connectivity index (χ1) is 9.06. The lowest BCUT2D eigenvalue weighted by Gasteiger charge is -2.31. The van der Waals surface area contributed by atoms with Crippen LogP contribution in [0.5, 0.6) is 0 Å². The number of carbonyl (C=O) groups is 1. The zero-order valence-corrected chi connectivity index (χ0v) is 11.6. The molecule has 1 amide bonds. The van der Waals surface area contributed by atoms with Crippen LogP contribution < -0.4 is 10.2 Å². The summed E-state index contributed by atoms with van der Waals surface area (Å²) in [7, 11) is 0. The van der Waals surface area contributed by atoms with Gasteiger partial charge in [0.2, 0.25) is 5.91 Å². The van der Waals surface area contributed by atoms with E-state index in [0.29, 0.717) is 6.54 Å². The third-order valence-corrected chi connectivity index (χ3v) is 4.12. The summed E-state index contributed by atoms with van der Waals surface area (Å²) in [5.41, 5.74) is 0.962. The zero-order chi connectivity index (χ0) is 13.8. The van der Waals surface area contributed by atoms with Crippen molar-refractivity contribution < 1.29 is 13.6 Å². The number of amides is 1. The number of aromatic nitrogens is 1. The first-order valence-corrected chi connectivity index (χ1v) is 7.17.